The summed E-state index contributed by atoms with van der Waals surface area (Å²) in [5.74, 6) is 0.271. The predicted octanol–water partition coefficient (Wildman–Crippen LogP) is 0.414. The van der Waals surface area contributed by atoms with E-state index in [-0.39, 0.29) is 5.97 Å². The van der Waals surface area contributed by atoms with Gasteiger partial charge in [-0.05, 0) is 18.8 Å². The number of aliphatic imine (C=N–C) groups is 1. The van der Waals surface area contributed by atoms with Crippen molar-refractivity contribution in [3.63, 3.8) is 0 Å². The highest BCUT2D eigenvalue weighted by Gasteiger charge is 2.32. The van der Waals surface area contributed by atoms with Gasteiger partial charge in [0.2, 0.25) is 0 Å². The van der Waals surface area contributed by atoms with Crippen LogP contribution in [0.25, 0.3) is 0 Å². The molecule has 82 valence electrons. The van der Waals surface area contributed by atoms with Crippen LogP contribution in [-0.4, -0.2) is 51.2 Å². The van der Waals surface area contributed by atoms with Gasteiger partial charge in [0, 0.05) is 32.8 Å². The summed E-state index contributed by atoms with van der Waals surface area (Å²) in [6, 6.07) is 0.439. The fourth-order valence-corrected chi connectivity index (χ4v) is 1.73. The first-order chi connectivity index (χ1) is 7.04. The molecule has 0 aromatic heterocycles. The van der Waals surface area contributed by atoms with E-state index < -0.39 is 0 Å². The Kier molecular flexibility index (Phi) is 4.18. The van der Waals surface area contributed by atoms with Gasteiger partial charge in [-0.3, -0.25) is 9.79 Å². The van der Waals surface area contributed by atoms with E-state index in [0.717, 1.165) is 12.8 Å². The number of hydrogen-bond donors (Lipinski definition) is 0. The van der Waals surface area contributed by atoms with Crippen molar-refractivity contribution in [2.45, 2.75) is 25.8 Å². The SMILES string of the molecule is [B]C(=NC)N(C)C1CC(COC(C)=O)C1. The fraction of sp³-hybridized carbons (Fsp3) is 0.800. The van der Waals surface area contributed by atoms with Crippen molar-refractivity contribution in [1.82, 2.24) is 4.90 Å². The average Bonchev–Trinajstić information content (AvgIpc) is 2.13. The predicted molar refractivity (Wildman–Crippen MR) is 60.0 cm³/mol. The van der Waals surface area contributed by atoms with Crippen molar-refractivity contribution < 1.29 is 9.53 Å². The zero-order valence-corrected chi connectivity index (χ0v) is 9.56. The van der Waals surface area contributed by atoms with Gasteiger partial charge in [-0.1, -0.05) is 0 Å². The van der Waals surface area contributed by atoms with Crippen molar-refractivity contribution in [2.24, 2.45) is 10.9 Å². The number of nitrogens with zero attached hydrogens (tertiary/aromatic N) is 2. The molecule has 0 atom stereocenters. The molecule has 5 heteroatoms. The Labute approximate surface area is 92.1 Å². The van der Waals surface area contributed by atoms with Gasteiger partial charge in [-0.2, -0.15) is 0 Å². The maximum Gasteiger partial charge on any atom is 0.302 e. The van der Waals surface area contributed by atoms with E-state index in [0.29, 0.717) is 24.3 Å². The van der Waals surface area contributed by atoms with Crippen LogP contribution < -0.4 is 0 Å². The summed E-state index contributed by atoms with van der Waals surface area (Å²) in [4.78, 5) is 16.5. The zero-order chi connectivity index (χ0) is 11.4. The third-order valence-corrected chi connectivity index (χ3v) is 2.87. The molecule has 0 aromatic carbocycles. The molecule has 1 fully saturated rings. The summed E-state index contributed by atoms with van der Waals surface area (Å²) in [6.07, 6.45) is 2.03. The first-order valence-electron chi connectivity index (χ1n) is 5.13. The van der Waals surface area contributed by atoms with E-state index in [4.69, 9.17) is 12.6 Å². The Bertz CT molecular complexity index is 262. The molecule has 4 nitrogen and oxygen atoms in total. The molecule has 0 amide bonds. The molecular weight excluding hydrogens is 191 g/mol. The lowest BCUT2D eigenvalue weighted by Gasteiger charge is -2.42. The lowest BCUT2D eigenvalue weighted by molar-refractivity contribution is -0.143. The average molecular weight is 208 g/mol. The van der Waals surface area contributed by atoms with E-state index in [1.54, 1.807) is 7.05 Å². The number of carbonyl (C=O) groups is 1. The van der Waals surface area contributed by atoms with Gasteiger partial charge >= 0.3 is 5.97 Å². The molecule has 1 aliphatic carbocycles. The summed E-state index contributed by atoms with van der Waals surface area (Å²) in [5, 5.41) is 0. The Morgan fingerprint density at radius 2 is 2.20 bits per heavy atom. The first kappa shape index (κ1) is 12.1. The minimum atomic E-state index is -0.207. The Balaban J connectivity index is 2.22. The highest BCUT2D eigenvalue weighted by Crippen LogP contribution is 2.31. The molecule has 0 saturated heterocycles. The molecule has 0 unspecified atom stereocenters. The zero-order valence-electron chi connectivity index (χ0n) is 9.56. The van der Waals surface area contributed by atoms with Gasteiger partial charge in [-0.15, -0.1) is 0 Å². The topological polar surface area (TPSA) is 41.9 Å². The van der Waals surface area contributed by atoms with Crippen LogP contribution in [0, 0.1) is 5.92 Å². The maximum absolute atomic E-state index is 10.6. The van der Waals surface area contributed by atoms with Crippen LogP contribution in [0.4, 0.5) is 0 Å². The third-order valence-electron chi connectivity index (χ3n) is 2.87. The molecule has 0 N–H and O–H groups in total. The molecule has 2 radical (unpaired) electrons. The van der Waals surface area contributed by atoms with E-state index in [1.807, 2.05) is 11.9 Å². The second-order valence-electron chi connectivity index (χ2n) is 3.99. The van der Waals surface area contributed by atoms with E-state index in [9.17, 15) is 4.79 Å². The standard InChI is InChI=1S/C10H17BN2O2/c1-7(14)15-6-8-4-9(5-8)13(3)10(11)12-2/h8-9H,4-6H2,1-3H3. The smallest absolute Gasteiger partial charge is 0.302 e. The van der Waals surface area contributed by atoms with Crippen LogP contribution in [-0.2, 0) is 9.53 Å². The van der Waals surface area contributed by atoms with Crippen LogP contribution >= 0.6 is 0 Å². The summed E-state index contributed by atoms with van der Waals surface area (Å²) in [5.41, 5.74) is 0.561. The van der Waals surface area contributed by atoms with Crippen LogP contribution in [0.15, 0.2) is 4.99 Å². The number of carbonyl (C=O) groups excluding carboxylic acids is 1. The van der Waals surface area contributed by atoms with Crippen LogP contribution in [0.1, 0.15) is 19.8 Å². The minimum absolute atomic E-state index is 0.207. The highest BCUT2D eigenvalue weighted by atomic mass is 16.5. The number of hydrogen-bond acceptors (Lipinski definition) is 3. The number of amidine groups is 1. The quantitative estimate of drug-likeness (QED) is 0.292. The van der Waals surface area contributed by atoms with Gasteiger partial charge in [0.15, 0.2) is 7.85 Å². The lowest BCUT2D eigenvalue weighted by Crippen LogP contribution is -2.47. The normalized spacial score (nSPS) is 25.7. The minimum Gasteiger partial charge on any atom is -0.466 e. The molecule has 1 rings (SSSR count). The second kappa shape index (κ2) is 5.19. The summed E-state index contributed by atoms with van der Waals surface area (Å²) < 4.78 is 4.94. The Hall–Kier alpha value is -0.995. The van der Waals surface area contributed by atoms with Gasteiger partial charge in [0.05, 0.1) is 6.61 Å². The number of ether oxygens (including phenoxy) is 1. The molecule has 1 aliphatic rings. The Morgan fingerprint density at radius 3 is 2.67 bits per heavy atom. The third kappa shape index (κ3) is 3.25. The molecule has 0 bridgehead atoms. The highest BCUT2D eigenvalue weighted by molar-refractivity contribution is 6.58. The van der Waals surface area contributed by atoms with Crippen molar-refractivity contribution in [3.05, 3.63) is 0 Å². The van der Waals surface area contributed by atoms with E-state index in [2.05, 4.69) is 4.99 Å². The Morgan fingerprint density at radius 1 is 1.60 bits per heavy atom. The van der Waals surface area contributed by atoms with Crippen molar-refractivity contribution in [1.29, 1.82) is 0 Å². The first-order valence-corrected chi connectivity index (χ1v) is 5.13. The van der Waals surface area contributed by atoms with E-state index in [1.165, 1.54) is 6.92 Å². The monoisotopic (exact) mass is 208 g/mol. The second-order valence-corrected chi connectivity index (χ2v) is 3.99. The fourth-order valence-electron chi connectivity index (χ4n) is 1.73. The van der Waals surface area contributed by atoms with Crippen LogP contribution in [0.5, 0.6) is 0 Å². The van der Waals surface area contributed by atoms with Gasteiger partial charge < -0.3 is 9.64 Å². The number of esters is 1. The molecule has 0 aromatic rings. The summed E-state index contributed by atoms with van der Waals surface area (Å²) in [7, 11) is 9.31. The van der Waals surface area contributed by atoms with Crippen LogP contribution in [0.2, 0.25) is 0 Å². The lowest BCUT2D eigenvalue weighted by atomic mass is 9.79. The molecule has 0 aliphatic heterocycles. The van der Waals surface area contributed by atoms with E-state index >= 15 is 0 Å². The summed E-state index contributed by atoms with van der Waals surface area (Å²) in [6.45, 7) is 1.97. The van der Waals surface area contributed by atoms with Crippen molar-refractivity contribution in [3.8, 4) is 0 Å². The summed E-state index contributed by atoms with van der Waals surface area (Å²) >= 11 is 0. The van der Waals surface area contributed by atoms with Crippen molar-refractivity contribution >= 4 is 19.6 Å². The molecular formula is C10H17BN2O2. The van der Waals surface area contributed by atoms with Gasteiger partial charge in [-0.25, -0.2) is 0 Å². The van der Waals surface area contributed by atoms with Gasteiger partial charge in [0.1, 0.15) is 0 Å². The molecule has 0 spiro atoms. The molecule has 15 heavy (non-hydrogen) atoms. The molecule has 0 heterocycles. The van der Waals surface area contributed by atoms with Crippen LogP contribution in [0.3, 0.4) is 0 Å². The largest absolute Gasteiger partial charge is 0.466 e. The maximum atomic E-state index is 10.6. The number of rotatable bonds is 3. The van der Waals surface area contributed by atoms with Crippen molar-refractivity contribution in [2.75, 3.05) is 20.7 Å². The van der Waals surface area contributed by atoms with Gasteiger partial charge in [0.25, 0.3) is 0 Å². The molecule has 1 saturated carbocycles.